The molecule has 0 bridgehead atoms. The number of halogens is 2. The first kappa shape index (κ1) is 21.7. The Morgan fingerprint density at radius 3 is 2.69 bits per heavy atom. The third-order valence-electron chi connectivity index (χ3n) is 6.89. The number of benzene rings is 2. The Morgan fingerprint density at radius 2 is 1.91 bits per heavy atom. The molecule has 2 unspecified atom stereocenters. The van der Waals surface area contributed by atoms with Crippen molar-refractivity contribution in [3.63, 3.8) is 0 Å². The van der Waals surface area contributed by atoms with E-state index < -0.39 is 11.7 Å². The van der Waals surface area contributed by atoms with Gasteiger partial charge in [-0.3, -0.25) is 4.79 Å². The largest absolute Gasteiger partial charge is 0.467 e. The number of anilines is 1. The lowest BCUT2D eigenvalue weighted by Gasteiger charge is -2.47. The number of likely N-dealkylation sites (tertiary alicyclic amines) is 1. The fourth-order valence-electron chi connectivity index (χ4n) is 5.21. The average Bonchev–Trinajstić information content (AvgIpc) is 3.18. The molecule has 1 amide bonds. The Kier molecular flexibility index (Phi) is 5.07. The van der Waals surface area contributed by atoms with Gasteiger partial charge in [0, 0.05) is 29.1 Å². The Balaban J connectivity index is 1.42. The summed E-state index contributed by atoms with van der Waals surface area (Å²) in [6.45, 7) is 4.18. The molecule has 176 valence electrons. The number of fused-ring (bicyclic) bond motifs is 3. The van der Waals surface area contributed by atoms with Gasteiger partial charge in [-0.25, -0.2) is 9.37 Å². The highest BCUT2D eigenvalue weighted by molar-refractivity contribution is 6.36. The second-order valence-electron chi connectivity index (χ2n) is 8.72. The number of nitrogens with zero attached hydrogens (tertiary/aromatic N) is 5. The molecule has 0 N–H and O–H groups in total. The molecule has 0 radical (unpaired) electrons. The number of methoxy groups -OCH3 is 1. The van der Waals surface area contributed by atoms with Crippen LogP contribution in [-0.4, -0.2) is 58.0 Å². The number of aromatic nitrogens is 3. The SMILES string of the molecule is C=C(F)C(=O)N1CCC2C1CN2c1nc(OC)nc2nc(-c3cccc4cccc(Cl)c34)ccc12. The number of carbonyl (C=O) groups excluding carboxylic acids is 1. The second kappa shape index (κ2) is 8.16. The van der Waals surface area contributed by atoms with Crippen LogP contribution in [0.1, 0.15) is 6.42 Å². The highest BCUT2D eigenvalue weighted by Gasteiger charge is 2.50. The predicted molar refractivity (Wildman–Crippen MR) is 133 cm³/mol. The normalized spacial score (nSPS) is 19.1. The zero-order valence-electron chi connectivity index (χ0n) is 18.9. The number of pyridine rings is 1. The minimum absolute atomic E-state index is 0.0395. The van der Waals surface area contributed by atoms with Gasteiger partial charge in [0.15, 0.2) is 11.5 Å². The van der Waals surface area contributed by atoms with E-state index >= 15 is 0 Å². The molecule has 35 heavy (non-hydrogen) atoms. The van der Waals surface area contributed by atoms with Gasteiger partial charge < -0.3 is 14.5 Å². The molecule has 7 nitrogen and oxygen atoms in total. The van der Waals surface area contributed by atoms with E-state index in [0.29, 0.717) is 29.6 Å². The summed E-state index contributed by atoms with van der Waals surface area (Å²) in [5, 5.41) is 3.39. The van der Waals surface area contributed by atoms with E-state index in [1.807, 2.05) is 48.5 Å². The van der Waals surface area contributed by atoms with Gasteiger partial charge in [0.25, 0.3) is 5.91 Å². The van der Waals surface area contributed by atoms with Gasteiger partial charge in [-0.05, 0) is 30.0 Å². The van der Waals surface area contributed by atoms with Crippen LogP contribution in [0.25, 0.3) is 33.1 Å². The van der Waals surface area contributed by atoms with Crippen LogP contribution in [-0.2, 0) is 4.79 Å². The van der Waals surface area contributed by atoms with Crippen LogP contribution in [0.5, 0.6) is 6.01 Å². The fourth-order valence-corrected chi connectivity index (χ4v) is 5.50. The lowest BCUT2D eigenvalue weighted by molar-refractivity contribution is -0.130. The summed E-state index contributed by atoms with van der Waals surface area (Å²) in [4.78, 5) is 29.8. The van der Waals surface area contributed by atoms with Crippen molar-refractivity contribution in [2.45, 2.75) is 18.5 Å². The van der Waals surface area contributed by atoms with Gasteiger partial charge in [0.05, 0.1) is 30.3 Å². The van der Waals surface area contributed by atoms with Crippen molar-refractivity contribution in [3.8, 4) is 17.3 Å². The van der Waals surface area contributed by atoms with Gasteiger partial charge in [-0.1, -0.05) is 48.5 Å². The van der Waals surface area contributed by atoms with Crippen LogP contribution in [0, 0.1) is 0 Å². The van der Waals surface area contributed by atoms with Crippen molar-refractivity contribution in [1.82, 2.24) is 19.9 Å². The van der Waals surface area contributed by atoms with E-state index in [2.05, 4.69) is 21.4 Å². The van der Waals surface area contributed by atoms with E-state index in [1.54, 1.807) is 4.90 Å². The fraction of sp³-hybridized carbons (Fsp3) is 0.231. The van der Waals surface area contributed by atoms with Gasteiger partial charge in [-0.15, -0.1) is 0 Å². The summed E-state index contributed by atoms with van der Waals surface area (Å²) in [5.74, 6) is -0.873. The maximum atomic E-state index is 13.4. The van der Waals surface area contributed by atoms with Crippen LogP contribution in [0.3, 0.4) is 0 Å². The standard InChI is InChI=1S/C26H21ClFN5O2/c1-14(28)25(34)32-12-11-20-21(32)13-33(20)24-17-9-10-19(29-23(17)30-26(31-24)35-2)16-7-3-5-15-6-4-8-18(27)22(15)16/h3-10,20-21H,1,11-13H2,2H3. The molecule has 0 spiro atoms. The number of rotatable bonds is 4. The summed E-state index contributed by atoms with van der Waals surface area (Å²) in [6, 6.07) is 15.9. The molecule has 0 saturated carbocycles. The van der Waals surface area contributed by atoms with E-state index in [4.69, 9.17) is 21.3 Å². The topological polar surface area (TPSA) is 71.5 Å². The van der Waals surface area contributed by atoms with E-state index in [1.165, 1.54) is 7.11 Å². The van der Waals surface area contributed by atoms with Crippen molar-refractivity contribution < 1.29 is 13.9 Å². The quantitative estimate of drug-likeness (QED) is 0.384. The summed E-state index contributed by atoms with van der Waals surface area (Å²) in [7, 11) is 1.51. The lowest BCUT2D eigenvalue weighted by atomic mass is 9.96. The number of ether oxygens (including phenoxy) is 1. The molecule has 9 heteroatoms. The van der Waals surface area contributed by atoms with Crippen LogP contribution >= 0.6 is 11.6 Å². The first-order valence-electron chi connectivity index (χ1n) is 11.3. The minimum atomic E-state index is -0.927. The van der Waals surface area contributed by atoms with Crippen LogP contribution in [0.2, 0.25) is 5.02 Å². The molecule has 2 aromatic heterocycles. The van der Waals surface area contributed by atoms with Crippen molar-refractivity contribution in [2.75, 3.05) is 25.1 Å². The lowest BCUT2D eigenvalue weighted by Crippen LogP contribution is -2.63. The predicted octanol–water partition coefficient (Wildman–Crippen LogP) is 4.78. The number of hydrogen-bond donors (Lipinski definition) is 0. The molecule has 4 aromatic rings. The van der Waals surface area contributed by atoms with Gasteiger partial charge in [0.2, 0.25) is 0 Å². The van der Waals surface area contributed by atoms with Crippen molar-refractivity contribution >= 4 is 45.1 Å². The molecule has 2 atom stereocenters. The maximum Gasteiger partial charge on any atom is 0.320 e. The Labute approximate surface area is 205 Å². The van der Waals surface area contributed by atoms with Crippen molar-refractivity contribution in [3.05, 3.63) is 66.0 Å². The third kappa shape index (κ3) is 3.39. The highest BCUT2D eigenvalue weighted by Crippen LogP contribution is 2.40. The maximum absolute atomic E-state index is 13.4. The second-order valence-corrected chi connectivity index (χ2v) is 9.13. The molecule has 2 aliphatic rings. The highest BCUT2D eigenvalue weighted by atomic mass is 35.5. The van der Waals surface area contributed by atoms with Gasteiger partial charge in [-0.2, -0.15) is 9.97 Å². The zero-order valence-corrected chi connectivity index (χ0v) is 19.7. The monoisotopic (exact) mass is 489 g/mol. The van der Waals surface area contributed by atoms with Crippen molar-refractivity contribution in [2.24, 2.45) is 0 Å². The molecule has 2 fully saturated rings. The third-order valence-corrected chi connectivity index (χ3v) is 7.21. The summed E-state index contributed by atoms with van der Waals surface area (Å²) in [6.07, 6.45) is 0.720. The van der Waals surface area contributed by atoms with Gasteiger partial charge in [0.1, 0.15) is 5.82 Å². The molecule has 0 aliphatic carbocycles. The molecule has 2 saturated heterocycles. The van der Waals surface area contributed by atoms with Gasteiger partial charge >= 0.3 is 6.01 Å². The van der Waals surface area contributed by atoms with Crippen LogP contribution in [0.15, 0.2) is 60.9 Å². The van der Waals surface area contributed by atoms with E-state index in [9.17, 15) is 9.18 Å². The summed E-state index contributed by atoms with van der Waals surface area (Å²) >= 11 is 6.54. The molecule has 2 aliphatic heterocycles. The smallest absolute Gasteiger partial charge is 0.320 e. The molecular weight excluding hydrogens is 469 g/mol. The van der Waals surface area contributed by atoms with E-state index in [0.717, 1.165) is 33.8 Å². The van der Waals surface area contributed by atoms with Crippen LogP contribution < -0.4 is 9.64 Å². The zero-order chi connectivity index (χ0) is 24.3. The molecule has 2 aromatic carbocycles. The first-order valence-corrected chi connectivity index (χ1v) is 11.7. The molecular formula is C26H21ClFN5O2. The first-order chi connectivity index (χ1) is 17.0. The number of amides is 1. The summed E-state index contributed by atoms with van der Waals surface area (Å²) < 4.78 is 18.8. The number of carbonyl (C=O) groups is 1. The van der Waals surface area contributed by atoms with E-state index in [-0.39, 0.29) is 18.1 Å². The molecule has 6 rings (SSSR count). The Hall–Kier alpha value is -3.78. The summed E-state index contributed by atoms with van der Waals surface area (Å²) in [5.41, 5.74) is 2.15. The average molecular weight is 490 g/mol. The number of hydrogen-bond acceptors (Lipinski definition) is 6. The minimum Gasteiger partial charge on any atom is -0.467 e. The Morgan fingerprint density at radius 1 is 1.11 bits per heavy atom. The Bertz CT molecular complexity index is 1520. The van der Waals surface area contributed by atoms with Crippen molar-refractivity contribution in [1.29, 1.82) is 0 Å². The van der Waals surface area contributed by atoms with Crippen LogP contribution in [0.4, 0.5) is 10.2 Å². The molecule has 4 heterocycles.